The van der Waals surface area contributed by atoms with E-state index in [9.17, 15) is 23.3 Å². The van der Waals surface area contributed by atoms with Gasteiger partial charge in [-0.2, -0.15) is 13.2 Å². The van der Waals surface area contributed by atoms with Gasteiger partial charge in [-0.25, -0.2) is 0 Å². The minimum atomic E-state index is -4.59. The Labute approximate surface area is 115 Å². The molecule has 0 spiro atoms. The standard InChI is InChI=1S/C13H17F3N2O2/c1-4-8(2)9(3)17-11-6-5-10(13(14,15)16)7-12(11)18(19)20/h5-9,17H,4H2,1-3H3. The Bertz CT molecular complexity index is 489. The molecule has 0 fully saturated rings. The highest BCUT2D eigenvalue weighted by atomic mass is 19.4. The highest BCUT2D eigenvalue weighted by Crippen LogP contribution is 2.35. The molecule has 20 heavy (non-hydrogen) atoms. The molecule has 7 heteroatoms. The number of nitro benzene ring substituents is 1. The molecule has 1 aromatic carbocycles. The number of rotatable bonds is 5. The van der Waals surface area contributed by atoms with Crippen molar-refractivity contribution in [1.82, 2.24) is 0 Å². The summed E-state index contributed by atoms with van der Waals surface area (Å²) in [5.41, 5.74) is -1.48. The van der Waals surface area contributed by atoms with Crippen LogP contribution < -0.4 is 5.32 Å². The van der Waals surface area contributed by atoms with Crippen LogP contribution in [0.2, 0.25) is 0 Å². The van der Waals surface area contributed by atoms with Gasteiger partial charge < -0.3 is 5.32 Å². The van der Waals surface area contributed by atoms with Gasteiger partial charge in [0, 0.05) is 12.1 Å². The Morgan fingerprint density at radius 3 is 2.40 bits per heavy atom. The minimum absolute atomic E-state index is 0.0737. The minimum Gasteiger partial charge on any atom is -0.377 e. The summed E-state index contributed by atoms with van der Waals surface area (Å²) in [5.74, 6) is 0.247. The van der Waals surface area contributed by atoms with Gasteiger partial charge in [0.15, 0.2) is 0 Å². The quantitative estimate of drug-likeness (QED) is 0.643. The van der Waals surface area contributed by atoms with Crippen molar-refractivity contribution in [2.75, 3.05) is 5.32 Å². The summed E-state index contributed by atoms with van der Waals surface area (Å²) >= 11 is 0. The molecule has 0 aliphatic heterocycles. The fourth-order valence-electron chi connectivity index (χ4n) is 1.72. The van der Waals surface area contributed by atoms with E-state index in [1.807, 2.05) is 20.8 Å². The van der Waals surface area contributed by atoms with Crippen molar-refractivity contribution >= 4 is 11.4 Å². The first-order chi connectivity index (χ1) is 9.16. The van der Waals surface area contributed by atoms with E-state index in [-0.39, 0.29) is 17.6 Å². The van der Waals surface area contributed by atoms with Gasteiger partial charge in [0.25, 0.3) is 5.69 Å². The fraction of sp³-hybridized carbons (Fsp3) is 0.538. The summed E-state index contributed by atoms with van der Waals surface area (Å²) in [6, 6.07) is 2.44. The van der Waals surface area contributed by atoms with Crippen molar-refractivity contribution in [3.05, 3.63) is 33.9 Å². The zero-order chi connectivity index (χ0) is 15.5. The summed E-state index contributed by atoms with van der Waals surface area (Å²) in [4.78, 5) is 10.1. The topological polar surface area (TPSA) is 55.2 Å². The molecule has 0 amide bonds. The predicted octanol–water partition coefficient (Wildman–Crippen LogP) is 4.46. The maximum atomic E-state index is 12.6. The number of nitrogens with zero attached hydrogens (tertiary/aromatic N) is 1. The number of halogens is 3. The van der Waals surface area contributed by atoms with Gasteiger partial charge in [-0.15, -0.1) is 0 Å². The molecule has 0 bridgehead atoms. The monoisotopic (exact) mass is 290 g/mol. The number of hydrogen-bond acceptors (Lipinski definition) is 3. The Kier molecular flexibility index (Phi) is 4.97. The predicted molar refractivity (Wildman–Crippen MR) is 70.6 cm³/mol. The molecule has 0 saturated carbocycles. The number of benzene rings is 1. The number of nitrogens with one attached hydrogen (secondary N) is 1. The molecule has 1 N–H and O–H groups in total. The first-order valence-electron chi connectivity index (χ1n) is 6.29. The second-order valence-corrected chi connectivity index (χ2v) is 4.81. The van der Waals surface area contributed by atoms with E-state index in [4.69, 9.17) is 0 Å². The molecular weight excluding hydrogens is 273 g/mol. The van der Waals surface area contributed by atoms with E-state index in [0.29, 0.717) is 6.07 Å². The van der Waals surface area contributed by atoms with Gasteiger partial charge in [0.05, 0.1) is 10.5 Å². The van der Waals surface area contributed by atoms with E-state index < -0.39 is 22.4 Å². The summed E-state index contributed by atoms with van der Waals surface area (Å²) in [6.45, 7) is 5.78. The molecule has 4 nitrogen and oxygen atoms in total. The van der Waals surface area contributed by atoms with Gasteiger partial charge in [-0.05, 0) is 25.0 Å². The third-order valence-electron chi connectivity index (χ3n) is 3.40. The van der Waals surface area contributed by atoms with Gasteiger partial charge in [-0.1, -0.05) is 20.3 Å². The molecule has 2 unspecified atom stereocenters. The van der Waals surface area contributed by atoms with Crippen molar-refractivity contribution in [2.45, 2.75) is 39.4 Å². The summed E-state index contributed by atoms with van der Waals surface area (Å²) in [7, 11) is 0. The van der Waals surface area contributed by atoms with Gasteiger partial charge in [0.1, 0.15) is 5.69 Å². The van der Waals surface area contributed by atoms with Crippen LogP contribution in [0.25, 0.3) is 0 Å². The van der Waals surface area contributed by atoms with E-state index >= 15 is 0 Å². The average molecular weight is 290 g/mol. The van der Waals surface area contributed by atoms with Gasteiger partial charge >= 0.3 is 6.18 Å². The molecule has 1 aromatic rings. The zero-order valence-corrected chi connectivity index (χ0v) is 11.5. The van der Waals surface area contributed by atoms with E-state index in [2.05, 4.69) is 5.32 Å². The summed E-state index contributed by atoms with van der Waals surface area (Å²) < 4.78 is 37.7. The maximum Gasteiger partial charge on any atom is 0.416 e. The lowest BCUT2D eigenvalue weighted by molar-refractivity contribution is -0.384. The second kappa shape index (κ2) is 6.11. The van der Waals surface area contributed by atoms with Crippen molar-refractivity contribution < 1.29 is 18.1 Å². The molecule has 0 saturated heterocycles. The summed E-state index contributed by atoms with van der Waals surface area (Å²) in [6.07, 6.45) is -3.73. The number of hydrogen-bond donors (Lipinski definition) is 1. The normalized spacial score (nSPS) is 14.7. The lowest BCUT2D eigenvalue weighted by atomic mass is 10.0. The molecule has 0 heterocycles. The van der Waals surface area contributed by atoms with Crippen LogP contribution in [-0.4, -0.2) is 11.0 Å². The molecule has 0 aromatic heterocycles. The van der Waals surface area contributed by atoms with E-state index in [1.165, 1.54) is 0 Å². The van der Waals surface area contributed by atoms with Gasteiger partial charge in [0.2, 0.25) is 0 Å². The molecule has 0 radical (unpaired) electrons. The van der Waals surface area contributed by atoms with E-state index in [0.717, 1.165) is 18.6 Å². The zero-order valence-electron chi connectivity index (χ0n) is 11.5. The van der Waals surface area contributed by atoms with Crippen molar-refractivity contribution in [2.24, 2.45) is 5.92 Å². The van der Waals surface area contributed by atoms with Crippen LogP contribution in [0.15, 0.2) is 18.2 Å². The van der Waals surface area contributed by atoms with Crippen LogP contribution in [0.1, 0.15) is 32.8 Å². The van der Waals surface area contributed by atoms with Crippen LogP contribution >= 0.6 is 0 Å². The van der Waals surface area contributed by atoms with Crippen molar-refractivity contribution in [3.8, 4) is 0 Å². The van der Waals surface area contributed by atoms with Crippen molar-refractivity contribution in [3.63, 3.8) is 0 Å². The number of alkyl halides is 3. The van der Waals surface area contributed by atoms with Crippen LogP contribution in [0, 0.1) is 16.0 Å². The number of nitro groups is 1. The Morgan fingerprint density at radius 1 is 1.35 bits per heavy atom. The molecule has 1 rings (SSSR count). The van der Waals surface area contributed by atoms with Crippen LogP contribution in [0.3, 0.4) is 0 Å². The van der Waals surface area contributed by atoms with Crippen LogP contribution in [-0.2, 0) is 6.18 Å². The largest absolute Gasteiger partial charge is 0.416 e. The lowest BCUT2D eigenvalue weighted by Gasteiger charge is -2.21. The average Bonchev–Trinajstić information content (AvgIpc) is 2.36. The first-order valence-corrected chi connectivity index (χ1v) is 6.29. The first kappa shape index (κ1) is 16.3. The Balaban J connectivity index is 3.11. The molecular formula is C13H17F3N2O2. The summed E-state index contributed by atoms with van der Waals surface area (Å²) in [5, 5.41) is 13.8. The highest BCUT2D eigenvalue weighted by Gasteiger charge is 2.33. The smallest absolute Gasteiger partial charge is 0.377 e. The molecule has 0 aliphatic rings. The molecule has 112 valence electrons. The highest BCUT2D eigenvalue weighted by molar-refractivity contribution is 5.63. The lowest BCUT2D eigenvalue weighted by Crippen LogP contribution is -2.23. The Hall–Kier alpha value is -1.79. The van der Waals surface area contributed by atoms with Gasteiger partial charge in [-0.3, -0.25) is 10.1 Å². The third-order valence-corrected chi connectivity index (χ3v) is 3.40. The third kappa shape index (κ3) is 3.85. The van der Waals surface area contributed by atoms with Crippen LogP contribution in [0.4, 0.5) is 24.5 Å². The maximum absolute atomic E-state index is 12.6. The molecule has 2 atom stereocenters. The van der Waals surface area contributed by atoms with E-state index in [1.54, 1.807) is 0 Å². The Morgan fingerprint density at radius 2 is 1.95 bits per heavy atom. The van der Waals surface area contributed by atoms with Crippen LogP contribution in [0.5, 0.6) is 0 Å². The van der Waals surface area contributed by atoms with Crippen molar-refractivity contribution in [1.29, 1.82) is 0 Å². The number of anilines is 1. The fourth-order valence-corrected chi connectivity index (χ4v) is 1.72. The SMILES string of the molecule is CCC(C)C(C)Nc1ccc(C(F)(F)F)cc1[N+](=O)[O-]. The molecule has 0 aliphatic carbocycles. The second-order valence-electron chi connectivity index (χ2n) is 4.81.